The van der Waals surface area contributed by atoms with Gasteiger partial charge in [0, 0.05) is 12.8 Å². The molecule has 0 bridgehead atoms. The van der Waals surface area contributed by atoms with Gasteiger partial charge in [0.2, 0.25) is 0 Å². The van der Waals surface area contributed by atoms with Crippen molar-refractivity contribution in [3.8, 4) is 16.7 Å². The van der Waals surface area contributed by atoms with E-state index in [0.717, 1.165) is 33.5 Å². The number of thiazole rings is 1. The van der Waals surface area contributed by atoms with Crippen LogP contribution in [0.5, 0.6) is 16.7 Å². The molecule has 1 heterocycles. The number of hydrogen-bond donors (Lipinski definition) is 0. The Morgan fingerprint density at radius 1 is 1.07 bits per heavy atom. The lowest BCUT2D eigenvalue weighted by molar-refractivity contribution is -0.123. The summed E-state index contributed by atoms with van der Waals surface area (Å²) in [5.74, 6) is 0.701. The summed E-state index contributed by atoms with van der Waals surface area (Å²) in [6.45, 7) is 2.02. The van der Waals surface area contributed by atoms with Crippen molar-refractivity contribution in [1.29, 1.82) is 0 Å². The van der Waals surface area contributed by atoms with E-state index in [2.05, 4.69) is 4.98 Å². The number of fused-ring (bicyclic) bond motifs is 1. The van der Waals surface area contributed by atoms with E-state index in [1.807, 2.05) is 43.3 Å². The molecule has 27 heavy (non-hydrogen) atoms. The third kappa shape index (κ3) is 3.32. The van der Waals surface area contributed by atoms with E-state index >= 15 is 0 Å². The maximum Gasteiger partial charge on any atom is 0.279 e. The predicted molar refractivity (Wildman–Crippen MR) is 104 cm³/mol. The van der Waals surface area contributed by atoms with Crippen LogP contribution in [0.25, 0.3) is 10.2 Å². The normalized spacial score (nSPS) is 14.9. The zero-order chi connectivity index (χ0) is 19.0. The highest BCUT2D eigenvalue weighted by Crippen LogP contribution is 2.37. The van der Waals surface area contributed by atoms with Gasteiger partial charge in [-0.15, -0.1) is 0 Å². The van der Waals surface area contributed by atoms with Gasteiger partial charge in [-0.3, -0.25) is 9.59 Å². The van der Waals surface area contributed by atoms with Gasteiger partial charge >= 0.3 is 0 Å². The van der Waals surface area contributed by atoms with E-state index in [9.17, 15) is 9.59 Å². The molecule has 5 nitrogen and oxygen atoms in total. The van der Waals surface area contributed by atoms with Crippen molar-refractivity contribution >= 4 is 33.1 Å². The Morgan fingerprint density at radius 3 is 2.52 bits per heavy atom. The van der Waals surface area contributed by atoms with Crippen LogP contribution in [0.3, 0.4) is 0 Å². The van der Waals surface area contributed by atoms with Gasteiger partial charge in [0.15, 0.2) is 0 Å². The highest BCUT2D eigenvalue weighted by atomic mass is 32.1. The quantitative estimate of drug-likeness (QED) is 0.601. The molecule has 2 aromatic carbocycles. The van der Waals surface area contributed by atoms with Crippen LogP contribution in [0.15, 0.2) is 36.4 Å². The molecule has 138 valence electrons. The van der Waals surface area contributed by atoms with Gasteiger partial charge < -0.3 is 9.47 Å². The second-order valence-corrected chi connectivity index (χ2v) is 7.49. The van der Waals surface area contributed by atoms with Crippen molar-refractivity contribution in [2.75, 3.05) is 7.11 Å². The largest absolute Gasteiger partial charge is 0.497 e. The summed E-state index contributed by atoms with van der Waals surface area (Å²) in [7, 11) is 1.63. The number of aromatic nitrogens is 1. The zero-order valence-corrected chi connectivity index (χ0v) is 16.0. The molecule has 1 fully saturated rings. The second kappa shape index (κ2) is 7.12. The molecule has 0 unspecified atom stereocenters. The molecule has 1 aliphatic carbocycles. The number of ketones is 2. The Balaban J connectivity index is 1.67. The lowest BCUT2D eigenvalue weighted by atomic mass is 9.90. The Hall–Kier alpha value is -2.73. The molecule has 0 saturated heterocycles. The summed E-state index contributed by atoms with van der Waals surface area (Å²) < 4.78 is 12.2. The Labute approximate surface area is 160 Å². The molecule has 3 aromatic rings. The molecule has 1 saturated carbocycles. The molecule has 4 rings (SSSR count). The highest BCUT2D eigenvalue weighted by Gasteiger charge is 2.35. The lowest BCUT2D eigenvalue weighted by Gasteiger charge is -2.14. The first-order valence-electron chi connectivity index (χ1n) is 8.89. The first-order valence-corrected chi connectivity index (χ1v) is 9.71. The number of rotatable bonds is 5. The molecule has 0 radical (unpaired) electrons. The topological polar surface area (TPSA) is 65.5 Å². The van der Waals surface area contributed by atoms with Crippen LogP contribution in [0, 0.1) is 0 Å². The fourth-order valence-corrected chi connectivity index (χ4v) is 4.31. The van der Waals surface area contributed by atoms with Crippen molar-refractivity contribution in [1.82, 2.24) is 4.98 Å². The third-order valence-electron chi connectivity index (χ3n) is 4.85. The van der Waals surface area contributed by atoms with Crippen molar-refractivity contribution in [2.24, 2.45) is 0 Å². The molecule has 0 amide bonds. The van der Waals surface area contributed by atoms with Crippen LogP contribution < -0.4 is 9.47 Å². The maximum absolute atomic E-state index is 12.2. The standard InChI is InChI=1S/C21H19NO4S/c1-3-12-4-5-14(10-15(12)20-17(23)8-9-18(20)24)26-21-22-16-7-6-13(25-2)11-19(16)27-21/h4-7,10-11,20H,3,8-9H2,1-2H3. The SMILES string of the molecule is CCc1ccc(Oc2nc3ccc(OC)cc3s2)cc1C1C(=O)CCC1=O. The smallest absolute Gasteiger partial charge is 0.279 e. The summed E-state index contributed by atoms with van der Waals surface area (Å²) in [4.78, 5) is 28.9. The number of methoxy groups -OCH3 is 1. The van der Waals surface area contributed by atoms with E-state index in [-0.39, 0.29) is 11.6 Å². The fraction of sp³-hybridized carbons (Fsp3) is 0.286. The van der Waals surface area contributed by atoms with Gasteiger partial charge in [-0.2, -0.15) is 0 Å². The van der Waals surface area contributed by atoms with Crippen molar-refractivity contribution in [2.45, 2.75) is 32.1 Å². The molecule has 0 atom stereocenters. The van der Waals surface area contributed by atoms with Gasteiger partial charge in [0.05, 0.1) is 17.3 Å². The summed E-state index contributed by atoms with van der Waals surface area (Å²) in [5, 5.41) is 0.512. The van der Waals surface area contributed by atoms with E-state index in [1.165, 1.54) is 11.3 Å². The van der Waals surface area contributed by atoms with Gasteiger partial charge in [-0.25, -0.2) is 4.98 Å². The lowest BCUT2D eigenvalue weighted by Crippen LogP contribution is -2.14. The Bertz CT molecular complexity index is 1020. The molecule has 1 aromatic heterocycles. The highest BCUT2D eigenvalue weighted by molar-refractivity contribution is 7.20. The molecular formula is C21H19NO4S. The minimum Gasteiger partial charge on any atom is -0.497 e. The van der Waals surface area contributed by atoms with Crippen LogP contribution in [-0.2, 0) is 16.0 Å². The van der Waals surface area contributed by atoms with Gasteiger partial charge in [-0.05, 0) is 47.9 Å². The predicted octanol–water partition coefficient (Wildman–Crippen LogP) is 4.68. The van der Waals surface area contributed by atoms with Gasteiger partial charge in [-0.1, -0.05) is 24.3 Å². The van der Waals surface area contributed by atoms with E-state index in [1.54, 1.807) is 7.11 Å². The summed E-state index contributed by atoms with van der Waals surface area (Å²) in [5.41, 5.74) is 2.61. The van der Waals surface area contributed by atoms with E-state index in [4.69, 9.17) is 9.47 Å². The van der Waals surface area contributed by atoms with Crippen molar-refractivity contribution < 1.29 is 19.1 Å². The number of benzene rings is 2. The average molecular weight is 381 g/mol. The first kappa shape index (κ1) is 17.7. The Kier molecular flexibility index (Phi) is 4.66. The second-order valence-electron chi connectivity index (χ2n) is 6.50. The van der Waals surface area contributed by atoms with Crippen molar-refractivity contribution in [3.05, 3.63) is 47.5 Å². The number of aryl methyl sites for hydroxylation is 1. The molecule has 1 aliphatic rings. The van der Waals surface area contributed by atoms with Crippen LogP contribution >= 0.6 is 11.3 Å². The van der Waals surface area contributed by atoms with E-state index < -0.39 is 5.92 Å². The maximum atomic E-state index is 12.2. The van der Waals surface area contributed by atoms with Gasteiger partial charge in [0.25, 0.3) is 5.19 Å². The number of hydrogen-bond acceptors (Lipinski definition) is 6. The van der Waals surface area contributed by atoms with Gasteiger partial charge in [0.1, 0.15) is 29.0 Å². The van der Waals surface area contributed by atoms with Crippen LogP contribution in [0.1, 0.15) is 36.8 Å². The average Bonchev–Trinajstić information content (AvgIpc) is 3.22. The number of nitrogens with zero attached hydrogens (tertiary/aromatic N) is 1. The van der Waals surface area contributed by atoms with E-state index in [0.29, 0.717) is 23.8 Å². The Morgan fingerprint density at radius 2 is 1.81 bits per heavy atom. The number of carbonyl (C=O) groups excluding carboxylic acids is 2. The number of Topliss-reactive ketones (excluding diaryl/α,β-unsaturated/α-hetero) is 2. The third-order valence-corrected chi connectivity index (χ3v) is 5.75. The number of ether oxygens (including phenoxy) is 2. The summed E-state index contributed by atoms with van der Waals surface area (Å²) >= 11 is 1.42. The molecule has 0 aliphatic heterocycles. The van der Waals surface area contributed by atoms with Crippen LogP contribution in [0.2, 0.25) is 0 Å². The monoisotopic (exact) mass is 381 g/mol. The summed E-state index contributed by atoms with van der Waals surface area (Å²) in [6.07, 6.45) is 1.42. The zero-order valence-electron chi connectivity index (χ0n) is 15.2. The minimum atomic E-state index is -0.650. The molecule has 6 heteroatoms. The minimum absolute atomic E-state index is 0.000989. The fourth-order valence-electron chi connectivity index (χ4n) is 3.44. The van der Waals surface area contributed by atoms with Crippen LogP contribution in [-0.4, -0.2) is 23.7 Å². The molecule has 0 N–H and O–H groups in total. The molecular weight excluding hydrogens is 362 g/mol. The van der Waals surface area contributed by atoms with Crippen molar-refractivity contribution in [3.63, 3.8) is 0 Å². The van der Waals surface area contributed by atoms with Crippen LogP contribution in [0.4, 0.5) is 0 Å². The first-order chi connectivity index (χ1) is 13.1. The number of carbonyl (C=O) groups is 2. The summed E-state index contributed by atoms with van der Waals surface area (Å²) in [6, 6.07) is 11.3. The molecule has 0 spiro atoms.